The molecule has 2 aromatic rings. The fourth-order valence-corrected chi connectivity index (χ4v) is 2.87. The van der Waals surface area contributed by atoms with E-state index in [1.54, 1.807) is 11.3 Å². The van der Waals surface area contributed by atoms with Crippen molar-refractivity contribution in [3.05, 3.63) is 35.5 Å². The first-order valence-electron chi connectivity index (χ1n) is 6.21. The fourth-order valence-electron chi connectivity index (χ4n) is 2.08. The van der Waals surface area contributed by atoms with Crippen LogP contribution in [0.25, 0.3) is 10.7 Å². The van der Waals surface area contributed by atoms with Gasteiger partial charge in [0, 0.05) is 44.3 Å². The lowest BCUT2D eigenvalue weighted by atomic mass is 10.3. The summed E-state index contributed by atoms with van der Waals surface area (Å²) in [4.78, 5) is 11.4. The average Bonchev–Trinajstić information content (AvgIpc) is 2.89. The minimum atomic E-state index is 0. The van der Waals surface area contributed by atoms with Crippen molar-refractivity contribution in [2.24, 2.45) is 0 Å². The number of hydrogen-bond donors (Lipinski definition) is 1. The van der Waals surface area contributed by atoms with Crippen LogP contribution >= 0.6 is 36.2 Å². The monoisotopic (exact) mass is 332 g/mol. The number of hydrogen-bond acceptors (Lipinski definition) is 5. The van der Waals surface area contributed by atoms with Crippen molar-refractivity contribution >= 4 is 36.2 Å². The van der Waals surface area contributed by atoms with Gasteiger partial charge in [-0.3, -0.25) is 9.88 Å². The van der Waals surface area contributed by atoms with Gasteiger partial charge in [0.15, 0.2) is 0 Å². The topological polar surface area (TPSA) is 41.1 Å². The first kappa shape index (κ1) is 17.3. The number of piperazine rings is 1. The van der Waals surface area contributed by atoms with Gasteiger partial charge < -0.3 is 5.32 Å². The summed E-state index contributed by atoms with van der Waals surface area (Å²) in [7, 11) is 0. The van der Waals surface area contributed by atoms with Gasteiger partial charge in [-0.05, 0) is 12.1 Å². The minimum absolute atomic E-state index is 0. The molecule has 1 aliphatic rings. The van der Waals surface area contributed by atoms with Gasteiger partial charge in [0.05, 0.1) is 11.4 Å². The smallest absolute Gasteiger partial charge is 0.142 e. The number of pyridine rings is 1. The molecule has 3 rings (SSSR count). The van der Waals surface area contributed by atoms with Gasteiger partial charge in [0.1, 0.15) is 5.01 Å². The molecule has 0 aliphatic carbocycles. The van der Waals surface area contributed by atoms with Crippen LogP contribution in [0.15, 0.2) is 29.8 Å². The Morgan fingerprint density at radius 2 is 2.00 bits per heavy atom. The highest BCUT2D eigenvalue weighted by atomic mass is 35.5. The lowest BCUT2D eigenvalue weighted by molar-refractivity contribution is 0.231. The Balaban J connectivity index is 0.000001000. The van der Waals surface area contributed by atoms with Crippen LogP contribution in [0.5, 0.6) is 0 Å². The van der Waals surface area contributed by atoms with Crippen molar-refractivity contribution in [1.82, 2.24) is 20.2 Å². The van der Waals surface area contributed by atoms with Crippen molar-refractivity contribution in [3.63, 3.8) is 0 Å². The second kappa shape index (κ2) is 8.54. The van der Waals surface area contributed by atoms with E-state index in [1.165, 1.54) is 0 Å². The van der Waals surface area contributed by atoms with Crippen molar-refractivity contribution in [2.45, 2.75) is 6.54 Å². The first-order chi connectivity index (χ1) is 8.92. The largest absolute Gasteiger partial charge is 0.314 e. The predicted molar refractivity (Wildman–Crippen MR) is 88.0 cm³/mol. The molecule has 2 aromatic heterocycles. The van der Waals surface area contributed by atoms with Crippen molar-refractivity contribution in [1.29, 1.82) is 0 Å². The highest BCUT2D eigenvalue weighted by Gasteiger charge is 2.12. The van der Waals surface area contributed by atoms with E-state index in [2.05, 4.69) is 25.6 Å². The van der Waals surface area contributed by atoms with Gasteiger partial charge >= 0.3 is 0 Å². The summed E-state index contributed by atoms with van der Waals surface area (Å²) >= 11 is 1.68. The number of nitrogens with one attached hydrogen (secondary N) is 1. The Hall–Kier alpha value is -0.720. The fraction of sp³-hybridized carbons (Fsp3) is 0.385. The van der Waals surface area contributed by atoms with Gasteiger partial charge in [0.2, 0.25) is 0 Å². The number of thiazole rings is 1. The molecule has 7 heteroatoms. The van der Waals surface area contributed by atoms with Crippen LogP contribution in [-0.4, -0.2) is 41.0 Å². The van der Waals surface area contributed by atoms with E-state index < -0.39 is 0 Å². The van der Waals surface area contributed by atoms with Gasteiger partial charge in [-0.1, -0.05) is 6.07 Å². The summed E-state index contributed by atoms with van der Waals surface area (Å²) in [5, 5.41) is 6.52. The maximum absolute atomic E-state index is 4.67. The van der Waals surface area contributed by atoms with E-state index in [0.29, 0.717) is 0 Å². The Bertz CT molecular complexity index is 500. The van der Waals surface area contributed by atoms with Crippen molar-refractivity contribution in [3.8, 4) is 10.7 Å². The quantitative estimate of drug-likeness (QED) is 0.937. The summed E-state index contributed by atoms with van der Waals surface area (Å²) < 4.78 is 0. The van der Waals surface area contributed by atoms with Gasteiger partial charge in [-0.2, -0.15) is 0 Å². The molecule has 1 fully saturated rings. The van der Waals surface area contributed by atoms with Crippen LogP contribution < -0.4 is 5.32 Å². The highest BCUT2D eigenvalue weighted by molar-refractivity contribution is 7.13. The molecule has 0 atom stereocenters. The molecule has 4 nitrogen and oxygen atoms in total. The standard InChI is InChI=1S/C13H16N4S.2ClH/c1-2-4-15-12(3-1)13-16-11(10-18-13)9-17-7-5-14-6-8-17;;/h1-4,10,14H,5-9H2;2*1H. The molecule has 1 aliphatic heterocycles. The summed E-state index contributed by atoms with van der Waals surface area (Å²) in [5.41, 5.74) is 2.12. The molecular formula is C13H18Cl2N4S. The average molecular weight is 333 g/mol. The van der Waals surface area contributed by atoms with Crippen LogP contribution in [0.3, 0.4) is 0 Å². The third kappa shape index (κ3) is 4.40. The highest BCUT2D eigenvalue weighted by Crippen LogP contribution is 2.22. The lowest BCUT2D eigenvalue weighted by Crippen LogP contribution is -2.42. The van der Waals surface area contributed by atoms with Crippen LogP contribution in [-0.2, 0) is 6.54 Å². The number of halogens is 2. The normalized spacial score (nSPS) is 15.2. The van der Waals surface area contributed by atoms with E-state index >= 15 is 0 Å². The summed E-state index contributed by atoms with van der Waals surface area (Å²) in [5.74, 6) is 0. The molecular weight excluding hydrogens is 315 g/mol. The van der Waals surface area contributed by atoms with Crippen LogP contribution in [0.1, 0.15) is 5.69 Å². The van der Waals surface area contributed by atoms with Crippen molar-refractivity contribution < 1.29 is 0 Å². The van der Waals surface area contributed by atoms with Gasteiger partial charge in [-0.25, -0.2) is 4.98 Å². The van der Waals surface area contributed by atoms with Crippen molar-refractivity contribution in [2.75, 3.05) is 26.2 Å². The zero-order chi connectivity index (χ0) is 12.2. The maximum atomic E-state index is 4.67. The summed E-state index contributed by atoms with van der Waals surface area (Å²) in [6, 6.07) is 5.94. The number of rotatable bonds is 3. The van der Waals surface area contributed by atoms with E-state index in [9.17, 15) is 0 Å². The van der Waals surface area contributed by atoms with E-state index in [1.807, 2.05) is 24.4 Å². The van der Waals surface area contributed by atoms with E-state index in [-0.39, 0.29) is 24.8 Å². The summed E-state index contributed by atoms with van der Waals surface area (Å²) in [6.45, 7) is 5.33. The molecule has 0 bridgehead atoms. The predicted octanol–water partition coefficient (Wildman–Crippen LogP) is 2.45. The third-order valence-electron chi connectivity index (χ3n) is 3.03. The van der Waals surface area contributed by atoms with Gasteiger partial charge in [0.25, 0.3) is 0 Å². The molecule has 20 heavy (non-hydrogen) atoms. The molecule has 110 valence electrons. The zero-order valence-corrected chi connectivity index (χ0v) is 13.4. The molecule has 1 N–H and O–H groups in total. The SMILES string of the molecule is Cl.Cl.c1ccc(-c2nc(CN3CCNCC3)cs2)nc1. The molecule has 0 saturated carbocycles. The van der Waals surface area contributed by atoms with E-state index in [4.69, 9.17) is 0 Å². The molecule has 1 saturated heterocycles. The Labute approximate surface area is 135 Å². The molecule has 0 aromatic carbocycles. The molecule has 0 radical (unpaired) electrons. The Morgan fingerprint density at radius 3 is 2.70 bits per heavy atom. The second-order valence-corrected chi connectivity index (χ2v) is 5.24. The Kier molecular flexibility index (Phi) is 7.40. The van der Waals surface area contributed by atoms with E-state index in [0.717, 1.165) is 49.1 Å². The second-order valence-electron chi connectivity index (χ2n) is 4.39. The first-order valence-corrected chi connectivity index (χ1v) is 7.09. The number of aromatic nitrogens is 2. The molecule has 0 spiro atoms. The molecule has 0 unspecified atom stereocenters. The van der Waals surface area contributed by atoms with Crippen LogP contribution in [0.2, 0.25) is 0 Å². The summed E-state index contributed by atoms with van der Waals surface area (Å²) in [6.07, 6.45) is 1.81. The Morgan fingerprint density at radius 1 is 1.20 bits per heavy atom. The zero-order valence-electron chi connectivity index (χ0n) is 11.0. The molecule has 0 amide bonds. The minimum Gasteiger partial charge on any atom is -0.314 e. The maximum Gasteiger partial charge on any atom is 0.142 e. The van der Waals surface area contributed by atoms with Gasteiger partial charge in [-0.15, -0.1) is 36.2 Å². The van der Waals surface area contributed by atoms with Crippen LogP contribution in [0, 0.1) is 0 Å². The lowest BCUT2D eigenvalue weighted by Gasteiger charge is -2.26. The number of nitrogens with zero attached hydrogens (tertiary/aromatic N) is 3. The van der Waals surface area contributed by atoms with Crippen LogP contribution in [0.4, 0.5) is 0 Å². The third-order valence-corrected chi connectivity index (χ3v) is 3.94. The molecule has 3 heterocycles.